The third-order valence-electron chi connectivity index (χ3n) is 2.80. The van der Waals surface area contributed by atoms with Crippen molar-refractivity contribution >= 4 is 0 Å². The highest BCUT2D eigenvalue weighted by Crippen LogP contribution is 2.24. The maximum absolute atomic E-state index is 5.97. The lowest BCUT2D eigenvalue weighted by Gasteiger charge is -2.43. The largest absolute Gasteiger partial charge is 0.382 e. The highest BCUT2D eigenvalue weighted by Gasteiger charge is 2.45. The van der Waals surface area contributed by atoms with Crippen LogP contribution in [0.5, 0.6) is 0 Å². The van der Waals surface area contributed by atoms with Gasteiger partial charge in [-0.2, -0.15) is 0 Å². The second-order valence-corrected chi connectivity index (χ2v) is 3.71. The van der Waals surface area contributed by atoms with E-state index in [1.54, 1.807) is 28.4 Å². The number of ether oxygens (including phenoxy) is 5. The molecule has 2 N–H and O–H groups in total. The summed E-state index contributed by atoms with van der Waals surface area (Å²) < 4.78 is 26.6. The quantitative estimate of drug-likeness (QED) is 0.683. The molecule has 1 saturated heterocycles. The van der Waals surface area contributed by atoms with Crippen LogP contribution in [0.25, 0.3) is 0 Å². The summed E-state index contributed by atoms with van der Waals surface area (Å²) in [5.41, 5.74) is 5.97. The Bertz CT molecular complexity index is 200. The molecule has 6 nitrogen and oxygen atoms in total. The molecule has 0 aromatic heterocycles. The van der Waals surface area contributed by atoms with Crippen molar-refractivity contribution < 1.29 is 23.7 Å². The molecule has 1 fully saturated rings. The summed E-state index contributed by atoms with van der Waals surface area (Å²) in [5, 5.41) is 0. The van der Waals surface area contributed by atoms with Gasteiger partial charge in [0.1, 0.15) is 18.3 Å². The van der Waals surface area contributed by atoms with Crippen LogP contribution in [0.3, 0.4) is 0 Å². The van der Waals surface area contributed by atoms with E-state index in [-0.39, 0.29) is 24.4 Å². The SMILES string of the molecule is COC[C@H]1OC(OC)[C@H](N)[C@@H](OC)[C@@H]1OC. The van der Waals surface area contributed by atoms with Gasteiger partial charge in [0.05, 0.1) is 12.6 Å². The van der Waals surface area contributed by atoms with Crippen molar-refractivity contribution in [3.05, 3.63) is 0 Å². The lowest BCUT2D eigenvalue weighted by Crippen LogP contribution is -2.63. The zero-order valence-electron chi connectivity index (χ0n) is 10.2. The summed E-state index contributed by atoms with van der Waals surface area (Å²) in [6, 6.07) is -0.381. The third kappa shape index (κ3) is 2.71. The minimum absolute atomic E-state index is 0.246. The van der Waals surface area contributed by atoms with E-state index in [4.69, 9.17) is 29.4 Å². The molecule has 0 spiro atoms. The van der Waals surface area contributed by atoms with E-state index in [0.717, 1.165) is 0 Å². The van der Waals surface area contributed by atoms with Gasteiger partial charge in [-0.25, -0.2) is 0 Å². The number of hydrogen-bond acceptors (Lipinski definition) is 6. The first-order chi connectivity index (χ1) is 7.69. The minimum Gasteiger partial charge on any atom is -0.382 e. The van der Waals surface area contributed by atoms with Crippen LogP contribution in [0, 0.1) is 0 Å². The van der Waals surface area contributed by atoms with Gasteiger partial charge in [-0.3, -0.25) is 0 Å². The predicted molar refractivity (Wildman–Crippen MR) is 57.1 cm³/mol. The Morgan fingerprint density at radius 1 is 1.00 bits per heavy atom. The van der Waals surface area contributed by atoms with Crippen LogP contribution < -0.4 is 5.73 Å². The molecular formula is C10H21NO5. The molecule has 1 unspecified atom stereocenters. The summed E-state index contributed by atoms with van der Waals surface area (Å²) in [5.74, 6) is 0. The zero-order valence-corrected chi connectivity index (χ0v) is 10.2. The number of hydrogen-bond donors (Lipinski definition) is 1. The lowest BCUT2D eigenvalue weighted by atomic mass is 9.97. The van der Waals surface area contributed by atoms with E-state index >= 15 is 0 Å². The van der Waals surface area contributed by atoms with Gasteiger partial charge in [0.2, 0.25) is 0 Å². The molecule has 0 amide bonds. The van der Waals surface area contributed by atoms with Gasteiger partial charge in [0.15, 0.2) is 6.29 Å². The fourth-order valence-electron chi connectivity index (χ4n) is 2.01. The molecule has 1 rings (SSSR count). The van der Waals surface area contributed by atoms with Crippen LogP contribution in [-0.4, -0.2) is 65.7 Å². The average Bonchev–Trinajstić information content (AvgIpc) is 2.30. The van der Waals surface area contributed by atoms with Crippen LogP contribution >= 0.6 is 0 Å². The fraction of sp³-hybridized carbons (Fsp3) is 1.00. The van der Waals surface area contributed by atoms with Gasteiger partial charge in [-0.1, -0.05) is 0 Å². The molecule has 0 aromatic carbocycles. The summed E-state index contributed by atoms with van der Waals surface area (Å²) in [6.07, 6.45) is -1.28. The van der Waals surface area contributed by atoms with Gasteiger partial charge in [-0.15, -0.1) is 0 Å². The van der Waals surface area contributed by atoms with Crippen LogP contribution in [0.2, 0.25) is 0 Å². The molecule has 5 atom stereocenters. The minimum atomic E-state index is -0.503. The summed E-state index contributed by atoms with van der Waals surface area (Å²) >= 11 is 0. The summed E-state index contributed by atoms with van der Waals surface area (Å²) in [4.78, 5) is 0. The highest BCUT2D eigenvalue weighted by molar-refractivity contribution is 4.93. The molecule has 1 aliphatic heterocycles. The van der Waals surface area contributed by atoms with E-state index in [1.807, 2.05) is 0 Å². The van der Waals surface area contributed by atoms with E-state index in [1.165, 1.54) is 0 Å². The van der Waals surface area contributed by atoms with Crippen molar-refractivity contribution in [2.24, 2.45) is 5.73 Å². The fourth-order valence-corrected chi connectivity index (χ4v) is 2.01. The molecule has 0 saturated carbocycles. The zero-order chi connectivity index (χ0) is 12.1. The maximum Gasteiger partial charge on any atom is 0.175 e. The van der Waals surface area contributed by atoms with Crippen molar-refractivity contribution in [1.82, 2.24) is 0 Å². The molecule has 1 heterocycles. The first-order valence-corrected chi connectivity index (χ1v) is 5.18. The van der Waals surface area contributed by atoms with E-state index in [0.29, 0.717) is 6.61 Å². The van der Waals surface area contributed by atoms with Crippen LogP contribution in [0.1, 0.15) is 0 Å². The Kier molecular flexibility index (Phi) is 5.60. The second-order valence-electron chi connectivity index (χ2n) is 3.71. The first kappa shape index (κ1) is 13.8. The molecule has 6 heteroatoms. The highest BCUT2D eigenvalue weighted by atomic mass is 16.7. The molecule has 1 aliphatic rings. The van der Waals surface area contributed by atoms with Crippen molar-refractivity contribution in [3.8, 4) is 0 Å². The molecule has 0 aromatic rings. The van der Waals surface area contributed by atoms with E-state index in [9.17, 15) is 0 Å². The summed E-state index contributed by atoms with van der Waals surface area (Å²) in [7, 11) is 6.35. The predicted octanol–water partition coefficient (Wildman–Crippen LogP) is -0.639. The van der Waals surface area contributed by atoms with Crippen LogP contribution in [-0.2, 0) is 23.7 Å². The lowest BCUT2D eigenvalue weighted by molar-refractivity contribution is -0.267. The molecule has 0 radical (unpaired) electrons. The van der Waals surface area contributed by atoms with Crippen molar-refractivity contribution in [1.29, 1.82) is 0 Å². The normalized spacial score (nSPS) is 39.9. The van der Waals surface area contributed by atoms with Gasteiger partial charge in [0, 0.05) is 28.4 Å². The number of nitrogens with two attached hydrogens (primary N) is 1. The molecule has 0 aliphatic carbocycles. The Labute approximate surface area is 95.9 Å². The smallest absolute Gasteiger partial charge is 0.175 e. The summed E-state index contributed by atoms with van der Waals surface area (Å²) in [6.45, 7) is 0.408. The number of methoxy groups -OCH3 is 4. The Hall–Kier alpha value is -0.240. The van der Waals surface area contributed by atoms with Gasteiger partial charge < -0.3 is 29.4 Å². The second kappa shape index (κ2) is 6.48. The monoisotopic (exact) mass is 235 g/mol. The molecular weight excluding hydrogens is 214 g/mol. The standard InChI is InChI=1S/C10H21NO5/c1-12-5-6-8(13-2)9(14-3)7(11)10(15-4)16-6/h6-10H,5,11H2,1-4H3/t6-,7-,8-,9-,10?/m1/s1. The Morgan fingerprint density at radius 2 is 1.62 bits per heavy atom. The number of rotatable bonds is 5. The van der Waals surface area contributed by atoms with Crippen LogP contribution in [0.15, 0.2) is 0 Å². The van der Waals surface area contributed by atoms with E-state index in [2.05, 4.69) is 0 Å². The van der Waals surface area contributed by atoms with Gasteiger partial charge in [0.25, 0.3) is 0 Å². The third-order valence-corrected chi connectivity index (χ3v) is 2.80. The average molecular weight is 235 g/mol. The molecule has 0 bridgehead atoms. The molecule has 96 valence electrons. The van der Waals surface area contributed by atoms with Crippen molar-refractivity contribution in [3.63, 3.8) is 0 Å². The van der Waals surface area contributed by atoms with Crippen LogP contribution in [0.4, 0.5) is 0 Å². The molecule has 16 heavy (non-hydrogen) atoms. The van der Waals surface area contributed by atoms with Gasteiger partial charge >= 0.3 is 0 Å². The van der Waals surface area contributed by atoms with Gasteiger partial charge in [-0.05, 0) is 0 Å². The topological polar surface area (TPSA) is 72.2 Å². The van der Waals surface area contributed by atoms with E-state index < -0.39 is 6.29 Å². The Balaban J connectivity index is 2.77. The Morgan fingerprint density at radius 3 is 2.06 bits per heavy atom. The van der Waals surface area contributed by atoms with Crippen molar-refractivity contribution in [2.45, 2.75) is 30.6 Å². The maximum atomic E-state index is 5.97. The van der Waals surface area contributed by atoms with Crippen molar-refractivity contribution in [2.75, 3.05) is 35.0 Å². The first-order valence-electron chi connectivity index (χ1n) is 5.18.